The summed E-state index contributed by atoms with van der Waals surface area (Å²) >= 11 is 0. The summed E-state index contributed by atoms with van der Waals surface area (Å²) in [5.74, 6) is 0.418. The molecule has 0 saturated carbocycles. The summed E-state index contributed by atoms with van der Waals surface area (Å²) in [6.45, 7) is 2.22. The lowest BCUT2D eigenvalue weighted by atomic mass is 9.93. The van der Waals surface area contributed by atoms with E-state index in [0.717, 1.165) is 11.4 Å². The van der Waals surface area contributed by atoms with Gasteiger partial charge in [-0.05, 0) is 35.4 Å². The van der Waals surface area contributed by atoms with Crippen LogP contribution in [0.1, 0.15) is 24.0 Å². The summed E-state index contributed by atoms with van der Waals surface area (Å²) in [5, 5.41) is 8.38. The van der Waals surface area contributed by atoms with Crippen LogP contribution in [0.4, 0.5) is 11.4 Å². The van der Waals surface area contributed by atoms with E-state index >= 15 is 0 Å². The van der Waals surface area contributed by atoms with Gasteiger partial charge in [0.25, 0.3) is 0 Å². The van der Waals surface area contributed by atoms with E-state index in [2.05, 4.69) is 41.4 Å². The number of nitrogens with zero attached hydrogens (tertiary/aromatic N) is 2. The Morgan fingerprint density at radius 1 is 0.688 bits per heavy atom. The Bertz CT molecular complexity index is 474. The summed E-state index contributed by atoms with van der Waals surface area (Å²) < 4.78 is 0. The van der Waals surface area contributed by atoms with Crippen LogP contribution in [0.3, 0.4) is 0 Å². The first kappa shape index (κ1) is 9.28. The summed E-state index contributed by atoms with van der Waals surface area (Å²) in [6.07, 6.45) is 0. The highest BCUT2D eigenvalue weighted by Crippen LogP contribution is 2.29. The standard InChI is InChI=1S/C14H12N2/c1-10-11-2-6-13(7-3-11)15-16-14-8-4-12(10)5-9-14/h2-10H,1H3. The molecule has 0 unspecified atom stereocenters. The molecule has 0 aromatic heterocycles. The third-order valence-corrected chi connectivity index (χ3v) is 3.07. The normalized spacial score (nSPS) is 14.1. The zero-order chi connectivity index (χ0) is 11.0. The minimum atomic E-state index is 0.418. The summed E-state index contributed by atoms with van der Waals surface area (Å²) in [7, 11) is 0. The highest BCUT2D eigenvalue weighted by molar-refractivity contribution is 5.46. The fourth-order valence-corrected chi connectivity index (χ4v) is 1.97. The second-order valence-electron chi connectivity index (χ2n) is 4.10. The number of azo groups is 1. The van der Waals surface area contributed by atoms with Gasteiger partial charge in [-0.25, -0.2) is 0 Å². The Balaban J connectivity index is 2.24. The van der Waals surface area contributed by atoms with Gasteiger partial charge in [-0.3, -0.25) is 0 Å². The van der Waals surface area contributed by atoms with Crippen molar-refractivity contribution < 1.29 is 0 Å². The van der Waals surface area contributed by atoms with Crippen LogP contribution in [0.2, 0.25) is 0 Å². The van der Waals surface area contributed by atoms with Gasteiger partial charge < -0.3 is 0 Å². The summed E-state index contributed by atoms with van der Waals surface area (Å²) in [6, 6.07) is 16.5. The van der Waals surface area contributed by atoms with Crippen LogP contribution in [-0.2, 0) is 0 Å². The van der Waals surface area contributed by atoms with Crippen molar-refractivity contribution in [2.24, 2.45) is 10.2 Å². The fourth-order valence-electron chi connectivity index (χ4n) is 1.97. The molecule has 0 N–H and O–H groups in total. The van der Waals surface area contributed by atoms with E-state index in [4.69, 9.17) is 0 Å². The molecule has 4 heterocycles. The number of hydrogen-bond donors (Lipinski definition) is 0. The Morgan fingerprint density at radius 2 is 1.06 bits per heavy atom. The number of rotatable bonds is 0. The Labute approximate surface area is 94.7 Å². The first-order valence-corrected chi connectivity index (χ1v) is 5.44. The monoisotopic (exact) mass is 208 g/mol. The molecule has 0 aliphatic carbocycles. The molecule has 2 aromatic carbocycles. The van der Waals surface area contributed by atoms with E-state index in [0.29, 0.717) is 5.92 Å². The quantitative estimate of drug-likeness (QED) is 0.606. The largest absolute Gasteiger partial charge is 0.151 e. The highest BCUT2D eigenvalue weighted by Gasteiger charge is 2.09. The number of benzene rings is 2. The summed E-state index contributed by atoms with van der Waals surface area (Å²) in [4.78, 5) is 0. The first-order valence-electron chi connectivity index (χ1n) is 5.44. The molecule has 4 bridgehead atoms. The lowest BCUT2D eigenvalue weighted by molar-refractivity contribution is 0.923. The maximum Gasteiger partial charge on any atom is 0.0857 e. The maximum absolute atomic E-state index is 4.19. The zero-order valence-corrected chi connectivity index (χ0v) is 9.09. The molecule has 6 rings (SSSR count). The van der Waals surface area contributed by atoms with Crippen molar-refractivity contribution in [2.75, 3.05) is 0 Å². The van der Waals surface area contributed by atoms with Gasteiger partial charge >= 0.3 is 0 Å². The molecule has 4 aliphatic heterocycles. The molecule has 0 amide bonds. The molecular weight excluding hydrogens is 196 g/mol. The van der Waals surface area contributed by atoms with E-state index in [1.807, 2.05) is 24.3 Å². The summed E-state index contributed by atoms with van der Waals surface area (Å²) in [5.41, 5.74) is 4.43. The molecule has 2 heteroatoms. The SMILES string of the molecule is CC1c2ccc(cc2)N=Nc2ccc1cc2. The van der Waals surface area contributed by atoms with Crippen LogP contribution in [0.5, 0.6) is 0 Å². The van der Waals surface area contributed by atoms with Gasteiger partial charge in [-0.15, -0.1) is 0 Å². The van der Waals surface area contributed by atoms with Crippen LogP contribution in [0, 0.1) is 0 Å². The molecule has 2 aromatic rings. The van der Waals surface area contributed by atoms with Crippen molar-refractivity contribution in [3.8, 4) is 0 Å². The maximum atomic E-state index is 4.19. The van der Waals surface area contributed by atoms with Crippen molar-refractivity contribution in [2.45, 2.75) is 12.8 Å². The van der Waals surface area contributed by atoms with Crippen molar-refractivity contribution in [3.05, 3.63) is 59.7 Å². The van der Waals surface area contributed by atoms with E-state index < -0.39 is 0 Å². The molecule has 0 atom stereocenters. The van der Waals surface area contributed by atoms with Crippen molar-refractivity contribution in [1.82, 2.24) is 0 Å². The molecule has 78 valence electrons. The molecule has 0 fully saturated rings. The Morgan fingerprint density at radius 3 is 1.44 bits per heavy atom. The minimum Gasteiger partial charge on any atom is -0.151 e. The van der Waals surface area contributed by atoms with Gasteiger partial charge in [-0.2, -0.15) is 10.2 Å². The minimum absolute atomic E-state index is 0.418. The molecular formula is C14H12N2. The second kappa shape index (κ2) is 3.56. The van der Waals surface area contributed by atoms with Crippen molar-refractivity contribution in [3.63, 3.8) is 0 Å². The van der Waals surface area contributed by atoms with Gasteiger partial charge in [0.05, 0.1) is 11.4 Å². The van der Waals surface area contributed by atoms with E-state index in [1.54, 1.807) is 0 Å². The number of hydrogen-bond acceptors (Lipinski definition) is 2. The lowest BCUT2D eigenvalue weighted by Crippen LogP contribution is -1.94. The first-order chi connectivity index (χ1) is 7.83. The van der Waals surface area contributed by atoms with Gasteiger partial charge in [0.1, 0.15) is 0 Å². The highest BCUT2D eigenvalue weighted by atomic mass is 15.1. The van der Waals surface area contributed by atoms with E-state index in [1.165, 1.54) is 11.1 Å². The van der Waals surface area contributed by atoms with Crippen LogP contribution >= 0.6 is 0 Å². The van der Waals surface area contributed by atoms with Crippen LogP contribution in [-0.4, -0.2) is 0 Å². The molecule has 2 nitrogen and oxygen atoms in total. The van der Waals surface area contributed by atoms with Gasteiger partial charge in [0.2, 0.25) is 0 Å². The topological polar surface area (TPSA) is 24.7 Å². The molecule has 0 spiro atoms. The van der Waals surface area contributed by atoms with Crippen LogP contribution < -0.4 is 0 Å². The zero-order valence-electron chi connectivity index (χ0n) is 9.09. The average molecular weight is 208 g/mol. The van der Waals surface area contributed by atoms with Crippen molar-refractivity contribution >= 4 is 11.4 Å². The predicted octanol–water partition coefficient (Wildman–Crippen LogP) is 4.57. The third kappa shape index (κ3) is 1.52. The molecule has 4 aliphatic rings. The third-order valence-electron chi connectivity index (χ3n) is 3.07. The van der Waals surface area contributed by atoms with Gasteiger partial charge in [0, 0.05) is 5.92 Å². The van der Waals surface area contributed by atoms with Crippen LogP contribution in [0.25, 0.3) is 0 Å². The fraction of sp³-hybridized carbons (Fsp3) is 0.143. The lowest BCUT2D eigenvalue weighted by Gasteiger charge is -2.11. The van der Waals surface area contributed by atoms with Gasteiger partial charge in [0.15, 0.2) is 0 Å². The van der Waals surface area contributed by atoms with Crippen molar-refractivity contribution in [1.29, 1.82) is 0 Å². The molecule has 16 heavy (non-hydrogen) atoms. The predicted molar refractivity (Wildman–Crippen MR) is 64.6 cm³/mol. The van der Waals surface area contributed by atoms with E-state index in [9.17, 15) is 0 Å². The second-order valence-corrected chi connectivity index (χ2v) is 4.10. The molecule has 0 radical (unpaired) electrons. The Hall–Kier alpha value is -1.96. The smallest absolute Gasteiger partial charge is 0.0857 e. The van der Waals surface area contributed by atoms with E-state index in [-0.39, 0.29) is 0 Å². The Kier molecular flexibility index (Phi) is 2.07. The van der Waals surface area contributed by atoms with Crippen LogP contribution in [0.15, 0.2) is 58.8 Å². The average Bonchev–Trinajstić information content (AvgIpc) is 2.43. The molecule has 0 saturated heterocycles. The van der Waals surface area contributed by atoms with Gasteiger partial charge in [-0.1, -0.05) is 31.2 Å².